The minimum absolute atomic E-state index is 0. The van der Waals surface area contributed by atoms with Crippen LogP contribution in [0.3, 0.4) is 0 Å². The maximum atomic E-state index is 4.18. The largest absolute Gasteiger partial charge is 0.298 e. The minimum Gasteiger partial charge on any atom is -0.298 e. The summed E-state index contributed by atoms with van der Waals surface area (Å²) in [6.45, 7) is 18.4. The average molecular weight is 462 g/mol. The Morgan fingerprint density at radius 3 is 1.16 bits per heavy atom. The van der Waals surface area contributed by atoms with Crippen LogP contribution in [-0.2, 0) is 0 Å². The summed E-state index contributed by atoms with van der Waals surface area (Å²) in [6.07, 6.45) is 19.5. The molecule has 0 spiro atoms. The number of rotatable bonds is 11. The number of unbranched alkanes of at least 4 members (excludes halogenated alkanes) is 9. The summed E-state index contributed by atoms with van der Waals surface area (Å²) in [5.74, 6) is 0. The van der Waals surface area contributed by atoms with Gasteiger partial charge in [-0.3, -0.25) is 4.99 Å². The van der Waals surface area contributed by atoms with E-state index in [2.05, 4.69) is 66.6 Å². The van der Waals surface area contributed by atoms with Crippen molar-refractivity contribution >= 4 is 30.1 Å². The van der Waals surface area contributed by atoms with Gasteiger partial charge in [-0.15, -0.1) is 0 Å². The molecular formula is C23H53NSn. The first-order valence-electron chi connectivity index (χ1n) is 11.1. The van der Waals surface area contributed by atoms with Gasteiger partial charge in [-0.25, -0.2) is 0 Å². The van der Waals surface area contributed by atoms with E-state index in [1.54, 1.807) is 0 Å². The smallest absolute Gasteiger partial charge is 0.0357 e. The maximum Gasteiger partial charge on any atom is 0.0357 e. The van der Waals surface area contributed by atoms with E-state index in [0.29, 0.717) is 0 Å². The molecule has 25 heavy (non-hydrogen) atoms. The standard InChI is InChI=1S/C11H23N.3C4H10.Sn/c1-3-5-6-7-8-9-10-11-12-4-2;3*1-3-4-2;/h11H,3-10H2,1-2H3;3*3-4H2,1-2H3;. The predicted octanol–water partition coefficient (Wildman–Crippen LogP) is 8.87. The Labute approximate surface area is 180 Å². The van der Waals surface area contributed by atoms with Gasteiger partial charge in [0.25, 0.3) is 0 Å². The van der Waals surface area contributed by atoms with E-state index in [4.69, 9.17) is 0 Å². The normalized spacial score (nSPS) is 8.96. The first-order valence-corrected chi connectivity index (χ1v) is 11.1. The van der Waals surface area contributed by atoms with Crippen LogP contribution in [0.4, 0.5) is 0 Å². The molecule has 0 atom stereocenters. The van der Waals surface area contributed by atoms with Crippen LogP contribution in [0.1, 0.15) is 139 Å². The van der Waals surface area contributed by atoms with Crippen LogP contribution in [0, 0.1) is 0 Å². The number of hydrogen-bond donors (Lipinski definition) is 0. The summed E-state index contributed by atoms with van der Waals surface area (Å²) in [5, 5.41) is 0. The van der Waals surface area contributed by atoms with Gasteiger partial charge in [-0.2, -0.15) is 0 Å². The fourth-order valence-electron chi connectivity index (χ4n) is 1.24. The molecule has 1 nitrogen and oxygen atoms in total. The second-order valence-electron chi connectivity index (χ2n) is 6.24. The third kappa shape index (κ3) is 79.5. The van der Waals surface area contributed by atoms with Gasteiger partial charge < -0.3 is 0 Å². The molecule has 0 aliphatic rings. The summed E-state index contributed by atoms with van der Waals surface area (Å²) >= 11 is 0. The Morgan fingerprint density at radius 2 is 0.840 bits per heavy atom. The second kappa shape index (κ2) is 49.7. The van der Waals surface area contributed by atoms with Gasteiger partial charge in [0, 0.05) is 30.5 Å². The molecule has 0 saturated carbocycles. The Bertz CT molecular complexity index is 154. The number of hydrogen-bond acceptors (Lipinski definition) is 1. The summed E-state index contributed by atoms with van der Waals surface area (Å²) in [7, 11) is 0. The summed E-state index contributed by atoms with van der Waals surface area (Å²) in [6, 6.07) is 0. The molecule has 0 aromatic rings. The molecule has 0 saturated heterocycles. The molecule has 0 unspecified atom stereocenters. The third-order valence-corrected chi connectivity index (χ3v) is 3.50. The van der Waals surface area contributed by atoms with E-state index in [0.717, 1.165) is 6.54 Å². The zero-order valence-corrected chi connectivity index (χ0v) is 22.3. The van der Waals surface area contributed by atoms with E-state index >= 15 is 0 Å². The van der Waals surface area contributed by atoms with Crippen LogP contribution in [0.15, 0.2) is 4.99 Å². The van der Waals surface area contributed by atoms with Crippen molar-refractivity contribution in [3.05, 3.63) is 0 Å². The van der Waals surface area contributed by atoms with E-state index in [1.165, 1.54) is 83.5 Å². The van der Waals surface area contributed by atoms with Crippen molar-refractivity contribution in [1.82, 2.24) is 0 Å². The zero-order valence-electron chi connectivity index (χ0n) is 19.4. The third-order valence-electron chi connectivity index (χ3n) is 3.50. The fraction of sp³-hybridized carbons (Fsp3) is 0.957. The number of nitrogens with zero attached hydrogens (tertiary/aromatic N) is 1. The summed E-state index contributed by atoms with van der Waals surface area (Å²) in [5.41, 5.74) is 0. The molecule has 0 fully saturated rings. The van der Waals surface area contributed by atoms with Gasteiger partial charge in [-0.05, 0) is 26.0 Å². The van der Waals surface area contributed by atoms with Crippen molar-refractivity contribution in [2.45, 2.75) is 139 Å². The van der Waals surface area contributed by atoms with Crippen molar-refractivity contribution in [2.75, 3.05) is 6.54 Å². The molecule has 0 amide bonds. The SMILES string of the molecule is CCCC.CCCC.CCCC.CCCCCCCCC=NCC.[Sn]. The Kier molecular flexibility index (Phi) is 72.3. The Morgan fingerprint density at radius 1 is 0.480 bits per heavy atom. The van der Waals surface area contributed by atoms with E-state index in [9.17, 15) is 0 Å². The fourth-order valence-corrected chi connectivity index (χ4v) is 1.24. The molecule has 0 aliphatic heterocycles. The van der Waals surface area contributed by atoms with Crippen molar-refractivity contribution in [2.24, 2.45) is 4.99 Å². The molecule has 0 aromatic carbocycles. The van der Waals surface area contributed by atoms with Crippen LogP contribution in [0.5, 0.6) is 0 Å². The average Bonchev–Trinajstić information content (AvgIpc) is 2.64. The zero-order chi connectivity index (χ0) is 19.3. The molecule has 0 aromatic heterocycles. The molecule has 0 rings (SSSR count). The molecule has 0 aliphatic carbocycles. The van der Waals surface area contributed by atoms with Crippen LogP contribution >= 0.6 is 0 Å². The molecule has 0 N–H and O–H groups in total. The second-order valence-corrected chi connectivity index (χ2v) is 6.24. The molecule has 154 valence electrons. The van der Waals surface area contributed by atoms with Crippen molar-refractivity contribution in [3.63, 3.8) is 0 Å². The topological polar surface area (TPSA) is 12.4 Å². The van der Waals surface area contributed by atoms with E-state index < -0.39 is 0 Å². The van der Waals surface area contributed by atoms with Crippen LogP contribution in [-0.4, -0.2) is 36.7 Å². The number of aliphatic imine (C=N–C) groups is 1. The first kappa shape index (κ1) is 36.4. The maximum absolute atomic E-state index is 4.18. The van der Waals surface area contributed by atoms with Gasteiger partial charge in [0.15, 0.2) is 0 Å². The van der Waals surface area contributed by atoms with Gasteiger partial charge in [0.2, 0.25) is 0 Å². The van der Waals surface area contributed by atoms with Crippen LogP contribution in [0.2, 0.25) is 0 Å². The summed E-state index contributed by atoms with van der Waals surface area (Å²) in [4.78, 5) is 4.18. The van der Waals surface area contributed by atoms with E-state index in [-0.39, 0.29) is 23.9 Å². The first-order chi connectivity index (χ1) is 11.7. The molecule has 4 radical (unpaired) electrons. The van der Waals surface area contributed by atoms with Gasteiger partial charge in [0.1, 0.15) is 0 Å². The van der Waals surface area contributed by atoms with E-state index in [1.807, 2.05) is 0 Å². The van der Waals surface area contributed by atoms with Crippen molar-refractivity contribution in [3.8, 4) is 0 Å². The van der Waals surface area contributed by atoms with Gasteiger partial charge >= 0.3 is 0 Å². The Hall–Kier alpha value is 0.469. The van der Waals surface area contributed by atoms with Crippen LogP contribution in [0.25, 0.3) is 0 Å². The molecule has 2 heteroatoms. The van der Waals surface area contributed by atoms with Crippen molar-refractivity contribution < 1.29 is 0 Å². The predicted molar refractivity (Wildman–Crippen MR) is 125 cm³/mol. The summed E-state index contributed by atoms with van der Waals surface area (Å²) < 4.78 is 0. The Balaban J connectivity index is -0.0000000850. The quantitative estimate of drug-likeness (QED) is 0.165. The molecule has 0 heterocycles. The van der Waals surface area contributed by atoms with Crippen LogP contribution < -0.4 is 0 Å². The van der Waals surface area contributed by atoms with Gasteiger partial charge in [-0.1, -0.05) is 119 Å². The monoisotopic (exact) mass is 463 g/mol. The van der Waals surface area contributed by atoms with Crippen molar-refractivity contribution in [1.29, 1.82) is 0 Å². The molecular weight excluding hydrogens is 409 g/mol. The minimum atomic E-state index is 0. The molecule has 0 bridgehead atoms. The van der Waals surface area contributed by atoms with Gasteiger partial charge in [0.05, 0.1) is 0 Å².